The van der Waals surface area contributed by atoms with Gasteiger partial charge in [0, 0.05) is 13.0 Å². The molecule has 130 valence electrons. The molecule has 22 heavy (non-hydrogen) atoms. The Morgan fingerprint density at radius 3 is 2.41 bits per heavy atom. The molecule has 0 radical (unpaired) electrons. The average Bonchev–Trinajstić information content (AvgIpc) is 2.47. The molecule has 0 bridgehead atoms. The summed E-state index contributed by atoms with van der Waals surface area (Å²) in [7, 11) is 0. The summed E-state index contributed by atoms with van der Waals surface area (Å²) in [5, 5.41) is 6.67. The van der Waals surface area contributed by atoms with Crippen molar-refractivity contribution in [2.75, 3.05) is 19.6 Å². The fraction of sp³-hybridized carbons (Fsp3) is 0.944. The van der Waals surface area contributed by atoms with Crippen LogP contribution in [-0.4, -0.2) is 25.5 Å². The lowest BCUT2D eigenvalue weighted by atomic mass is 9.85. The first-order chi connectivity index (χ1) is 10.3. The molecule has 1 heterocycles. The minimum absolute atomic E-state index is 0. The third kappa shape index (κ3) is 7.32. The van der Waals surface area contributed by atoms with Gasteiger partial charge in [-0.15, -0.1) is 12.4 Å². The Morgan fingerprint density at radius 1 is 1.09 bits per heavy atom. The summed E-state index contributed by atoms with van der Waals surface area (Å²) in [6, 6.07) is 0. The molecule has 0 aromatic heterocycles. The van der Waals surface area contributed by atoms with Crippen LogP contribution in [0.15, 0.2) is 0 Å². The van der Waals surface area contributed by atoms with Crippen molar-refractivity contribution in [3.63, 3.8) is 0 Å². The summed E-state index contributed by atoms with van der Waals surface area (Å²) in [4.78, 5) is 12.2. The van der Waals surface area contributed by atoms with Crippen molar-refractivity contribution in [1.82, 2.24) is 10.6 Å². The number of nitrogens with one attached hydrogen (secondary N) is 2. The quantitative estimate of drug-likeness (QED) is 0.802. The molecule has 1 amide bonds. The minimum atomic E-state index is 0. The van der Waals surface area contributed by atoms with Crippen LogP contribution in [0.3, 0.4) is 0 Å². The van der Waals surface area contributed by atoms with E-state index in [0.29, 0.717) is 18.3 Å². The van der Waals surface area contributed by atoms with Crippen LogP contribution < -0.4 is 10.6 Å². The zero-order valence-corrected chi connectivity index (χ0v) is 15.1. The highest BCUT2D eigenvalue weighted by Gasteiger charge is 2.22. The highest BCUT2D eigenvalue weighted by molar-refractivity contribution is 5.85. The molecule has 1 saturated heterocycles. The van der Waals surface area contributed by atoms with Gasteiger partial charge in [0.15, 0.2) is 0 Å². The van der Waals surface area contributed by atoms with Gasteiger partial charge >= 0.3 is 0 Å². The van der Waals surface area contributed by atoms with Crippen LogP contribution in [0.25, 0.3) is 0 Å². The van der Waals surface area contributed by atoms with Crippen LogP contribution in [0.5, 0.6) is 0 Å². The third-order valence-corrected chi connectivity index (χ3v) is 5.46. The third-order valence-electron chi connectivity index (χ3n) is 5.46. The van der Waals surface area contributed by atoms with E-state index in [4.69, 9.17) is 0 Å². The van der Waals surface area contributed by atoms with Gasteiger partial charge in [0.2, 0.25) is 5.91 Å². The fourth-order valence-electron chi connectivity index (χ4n) is 3.90. The summed E-state index contributed by atoms with van der Waals surface area (Å²) in [6.07, 6.45) is 12.8. The maximum Gasteiger partial charge on any atom is 0.220 e. The van der Waals surface area contributed by atoms with Crippen LogP contribution in [0.2, 0.25) is 0 Å². The Labute approximate surface area is 142 Å². The van der Waals surface area contributed by atoms with Crippen LogP contribution in [-0.2, 0) is 4.79 Å². The summed E-state index contributed by atoms with van der Waals surface area (Å²) in [6.45, 7) is 5.40. The van der Waals surface area contributed by atoms with Gasteiger partial charge in [-0.3, -0.25) is 4.79 Å². The molecule has 2 rings (SSSR count). The molecular weight excluding hydrogens is 296 g/mol. The monoisotopic (exact) mass is 330 g/mol. The fourth-order valence-corrected chi connectivity index (χ4v) is 3.90. The van der Waals surface area contributed by atoms with E-state index in [2.05, 4.69) is 17.6 Å². The molecule has 0 spiro atoms. The number of amides is 1. The molecule has 2 aliphatic rings. The van der Waals surface area contributed by atoms with Crippen molar-refractivity contribution in [3.05, 3.63) is 0 Å². The van der Waals surface area contributed by atoms with E-state index >= 15 is 0 Å². The van der Waals surface area contributed by atoms with Gasteiger partial charge in [0.25, 0.3) is 0 Å². The smallest absolute Gasteiger partial charge is 0.220 e. The number of hydrogen-bond donors (Lipinski definition) is 2. The SMILES string of the molecule is CC(CC(=O)NCC1CCCCCCC1)C1CCCNC1.Cl. The molecule has 2 atom stereocenters. The van der Waals surface area contributed by atoms with E-state index in [1.54, 1.807) is 0 Å². The van der Waals surface area contributed by atoms with Gasteiger partial charge in [-0.2, -0.15) is 0 Å². The van der Waals surface area contributed by atoms with Gasteiger partial charge in [-0.1, -0.05) is 39.0 Å². The summed E-state index contributed by atoms with van der Waals surface area (Å²) < 4.78 is 0. The molecule has 1 saturated carbocycles. The summed E-state index contributed by atoms with van der Waals surface area (Å²) in [5.74, 6) is 2.19. The molecular formula is C18H35ClN2O. The maximum absolute atomic E-state index is 12.2. The first-order valence-corrected chi connectivity index (χ1v) is 9.23. The largest absolute Gasteiger partial charge is 0.356 e. The Morgan fingerprint density at radius 2 is 1.77 bits per heavy atom. The molecule has 1 aliphatic heterocycles. The molecule has 2 unspecified atom stereocenters. The lowest BCUT2D eigenvalue weighted by Gasteiger charge is -2.28. The van der Waals surface area contributed by atoms with Crippen molar-refractivity contribution in [2.24, 2.45) is 17.8 Å². The molecule has 2 N–H and O–H groups in total. The van der Waals surface area contributed by atoms with Crippen molar-refractivity contribution >= 4 is 18.3 Å². The van der Waals surface area contributed by atoms with Gasteiger partial charge < -0.3 is 10.6 Å². The summed E-state index contributed by atoms with van der Waals surface area (Å²) >= 11 is 0. The number of carbonyl (C=O) groups is 1. The Kier molecular flexibility index (Phi) is 10.1. The van der Waals surface area contributed by atoms with E-state index in [-0.39, 0.29) is 18.3 Å². The predicted octanol–water partition coefficient (Wildman–Crippen LogP) is 3.91. The summed E-state index contributed by atoms with van der Waals surface area (Å²) in [5.41, 5.74) is 0. The number of hydrogen-bond acceptors (Lipinski definition) is 2. The first kappa shape index (κ1) is 19.8. The van der Waals surface area contributed by atoms with Gasteiger partial charge in [-0.05, 0) is 56.5 Å². The molecule has 0 aromatic carbocycles. The zero-order valence-electron chi connectivity index (χ0n) is 14.2. The molecule has 4 heteroatoms. The maximum atomic E-state index is 12.2. The minimum Gasteiger partial charge on any atom is -0.356 e. The second-order valence-electron chi connectivity index (χ2n) is 7.30. The molecule has 2 fully saturated rings. The molecule has 1 aliphatic carbocycles. The lowest BCUT2D eigenvalue weighted by molar-refractivity contribution is -0.122. The molecule has 3 nitrogen and oxygen atoms in total. The number of piperidine rings is 1. The normalized spacial score (nSPS) is 25.4. The van der Waals surface area contributed by atoms with Crippen LogP contribution in [0.1, 0.15) is 71.1 Å². The van der Waals surface area contributed by atoms with E-state index in [1.807, 2.05) is 0 Å². The standard InChI is InChI=1S/C18H34N2O.ClH/c1-15(17-10-7-11-19-14-17)12-18(21)20-13-16-8-5-3-2-4-6-9-16;/h15-17,19H,2-14H2,1H3,(H,20,21);1H. The predicted molar refractivity (Wildman–Crippen MR) is 95.4 cm³/mol. The van der Waals surface area contributed by atoms with Crippen molar-refractivity contribution in [1.29, 1.82) is 0 Å². The van der Waals surface area contributed by atoms with E-state index in [1.165, 1.54) is 57.8 Å². The topological polar surface area (TPSA) is 41.1 Å². The second kappa shape index (κ2) is 11.3. The van der Waals surface area contributed by atoms with E-state index < -0.39 is 0 Å². The Balaban J connectivity index is 0.00000242. The van der Waals surface area contributed by atoms with Crippen molar-refractivity contribution < 1.29 is 4.79 Å². The van der Waals surface area contributed by atoms with Crippen LogP contribution >= 0.6 is 12.4 Å². The second-order valence-corrected chi connectivity index (χ2v) is 7.30. The number of rotatable bonds is 5. The van der Waals surface area contributed by atoms with E-state index in [9.17, 15) is 4.79 Å². The Bertz CT molecular complexity index is 297. The number of halogens is 1. The number of carbonyl (C=O) groups excluding carboxylic acids is 1. The van der Waals surface area contributed by atoms with Gasteiger partial charge in [0.05, 0.1) is 0 Å². The lowest BCUT2D eigenvalue weighted by Crippen LogP contribution is -2.36. The first-order valence-electron chi connectivity index (χ1n) is 9.23. The highest BCUT2D eigenvalue weighted by Crippen LogP contribution is 2.23. The van der Waals surface area contributed by atoms with Gasteiger partial charge in [-0.25, -0.2) is 0 Å². The zero-order chi connectivity index (χ0) is 14.9. The van der Waals surface area contributed by atoms with Gasteiger partial charge in [0.1, 0.15) is 0 Å². The van der Waals surface area contributed by atoms with Crippen LogP contribution in [0.4, 0.5) is 0 Å². The van der Waals surface area contributed by atoms with E-state index in [0.717, 1.165) is 25.6 Å². The molecule has 0 aromatic rings. The van der Waals surface area contributed by atoms with Crippen molar-refractivity contribution in [3.8, 4) is 0 Å². The van der Waals surface area contributed by atoms with Crippen LogP contribution in [0, 0.1) is 17.8 Å². The Hall–Kier alpha value is -0.280. The average molecular weight is 331 g/mol. The highest BCUT2D eigenvalue weighted by atomic mass is 35.5. The van der Waals surface area contributed by atoms with Crippen molar-refractivity contribution in [2.45, 2.75) is 71.1 Å².